The first-order valence-electron chi connectivity index (χ1n) is 7.56. The fourth-order valence-corrected chi connectivity index (χ4v) is 2.66. The van der Waals surface area contributed by atoms with Crippen LogP contribution in [-0.4, -0.2) is 26.9 Å². The molecule has 2 N–H and O–H groups in total. The summed E-state index contributed by atoms with van der Waals surface area (Å²) in [6, 6.07) is 10.9. The Morgan fingerprint density at radius 2 is 1.96 bits per heavy atom. The lowest BCUT2D eigenvalue weighted by Crippen LogP contribution is -2.27. The lowest BCUT2D eigenvalue weighted by atomic mass is 10.1. The number of hydrogen-bond acceptors (Lipinski definition) is 3. The highest BCUT2D eigenvalue weighted by molar-refractivity contribution is 5.94. The fourth-order valence-electron chi connectivity index (χ4n) is 2.66. The standard InChI is InChI=1S/C18H19N3O2/c1-12-4-3-11-21-16(13(2)20-17(12)21)18(23)19-10-9-14-5-7-15(22)8-6-14/h3-8,11,22H,9-10H2,1-2H3,(H,19,23). The van der Waals surface area contributed by atoms with Crippen LogP contribution in [0.15, 0.2) is 42.6 Å². The van der Waals surface area contributed by atoms with Crippen molar-refractivity contribution in [1.29, 1.82) is 0 Å². The predicted octanol–water partition coefficient (Wildman–Crippen LogP) is 2.63. The van der Waals surface area contributed by atoms with Gasteiger partial charge in [0.2, 0.25) is 0 Å². The number of benzene rings is 1. The molecule has 0 unspecified atom stereocenters. The molecule has 1 aromatic carbocycles. The highest BCUT2D eigenvalue weighted by atomic mass is 16.3. The van der Waals surface area contributed by atoms with Crippen molar-refractivity contribution in [2.75, 3.05) is 6.54 Å². The van der Waals surface area contributed by atoms with Crippen molar-refractivity contribution >= 4 is 11.6 Å². The minimum absolute atomic E-state index is 0.126. The van der Waals surface area contributed by atoms with Crippen molar-refractivity contribution in [3.8, 4) is 5.75 Å². The summed E-state index contributed by atoms with van der Waals surface area (Å²) in [5.74, 6) is 0.119. The van der Waals surface area contributed by atoms with E-state index in [4.69, 9.17) is 0 Å². The number of phenols is 1. The van der Waals surface area contributed by atoms with Crippen molar-refractivity contribution in [3.05, 3.63) is 65.1 Å². The molecule has 0 atom stereocenters. The average Bonchev–Trinajstić information content (AvgIpc) is 2.87. The second-order valence-corrected chi connectivity index (χ2v) is 5.60. The molecular formula is C18H19N3O2. The highest BCUT2D eigenvalue weighted by Gasteiger charge is 2.16. The van der Waals surface area contributed by atoms with Crippen molar-refractivity contribution in [2.45, 2.75) is 20.3 Å². The Hall–Kier alpha value is -2.82. The van der Waals surface area contributed by atoms with Crippen LogP contribution < -0.4 is 5.32 Å². The Morgan fingerprint density at radius 1 is 1.22 bits per heavy atom. The maximum absolute atomic E-state index is 12.5. The van der Waals surface area contributed by atoms with Gasteiger partial charge in [-0.25, -0.2) is 4.98 Å². The first kappa shape index (κ1) is 15.1. The number of aryl methyl sites for hydroxylation is 2. The molecule has 1 amide bonds. The number of rotatable bonds is 4. The second kappa shape index (κ2) is 6.12. The number of phenolic OH excluding ortho intramolecular Hbond substituents is 1. The number of carbonyl (C=O) groups is 1. The van der Waals surface area contributed by atoms with Gasteiger partial charge in [0.05, 0.1) is 5.69 Å². The first-order chi connectivity index (χ1) is 11.1. The van der Waals surface area contributed by atoms with Gasteiger partial charge in [-0.3, -0.25) is 9.20 Å². The molecule has 0 radical (unpaired) electrons. The molecule has 0 aliphatic heterocycles. The minimum Gasteiger partial charge on any atom is -0.508 e. The van der Waals surface area contributed by atoms with Crippen LogP contribution in [0.5, 0.6) is 5.75 Å². The van der Waals surface area contributed by atoms with Crippen LogP contribution in [-0.2, 0) is 6.42 Å². The second-order valence-electron chi connectivity index (χ2n) is 5.60. The summed E-state index contributed by atoms with van der Waals surface area (Å²) < 4.78 is 1.83. The van der Waals surface area contributed by atoms with Crippen molar-refractivity contribution in [1.82, 2.24) is 14.7 Å². The van der Waals surface area contributed by atoms with E-state index < -0.39 is 0 Å². The van der Waals surface area contributed by atoms with Gasteiger partial charge in [-0.05, 0) is 49.6 Å². The zero-order valence-corrected chi connectivity index (χ0v) is 13.2. The lowest BCUT2D eigenvalue weighted by Gasteiger charge is -2.07. The summed E-state index contributed by atoms with van der Waals surface area (Å²) in [5, 5.41) is 12.2. The number of hydrogen-bond donors (Lipinski definition) is 2. The van der Waals surface area contributed by atoms with E-state index in [9.17, 15) is 9.90 Å². The smallest absolute Gasteiger partial charge is 0.270 e. The number of pyridine rings is 1. The Labute approximate surface area is 134 Å². The number of aromatic hydroxyl groups is 1. The summed E-state index contributed by atoms with van der Waals surface area (Å²) in [5.41, 5.74) is 4.22. The van der Waals surface area contributed by atoms with E-state index in [0.29, 0.717) is 18.7 Å². The molecule has 2 aromatic heterocycles. The molecular weight excluding hydrogens is 290 g/mol. The zero-order valence-electron chi connectivity index (χ0n) is 13.2. The molecule has 3 rings (SSSR count). The van der Waals surface area contributed by atoms with Crippen LogP contribution >= 0.6 is 0 Å². The molecule has 0 spiro atoms. The zero-order chi connectivity index (χ0) is 16.4. The number of nitrogens with one attached hydrogen (secondary N) is 1. The maximum atomic E-state index is 12.5. The first-order valence-corrected chi connectivity index (χ1v) is 7.56. The number of fused-ring (bicyclic) bond motifs is 1. The molecule has 118 valence electrons. The summed E-state index contributed by atoms with van der Waals surface area (Å²) in [7, 11) is 0. The van der Waals surface area contributed by atoms with Gasteiger partial charge in [-0.15, -0.1) is 0 Å². The predicted molar refractivity (Wildman–Crippen MR) is 88.8 cm³/mol. The average molecular weight is 309 g/mol. The Balaban J connectivity index is 1.72. The Kier molecular flexibility index (Phi) is 4.02. The third-order valence-corrected chi connectivity index (χ3v) is 3.87. The van der Waals surface area contributed by atoms with E-state index >= 15 is 0 Å². The van der Waals surface area contributed by atoms with Crippen LogP contribution in [0.25, 0.3) is 5.65 Å². The van der Waals surface area contributed by atoms with Gasteiger partial charge in [0.25, 0.3) is 5.91 Å². The molecule has 0 fully saturated rings. The molecule has 5 nitrogen and oxygen atoms in total. The van der Waals surface area contributed by atoms with E-state index in [1.54, 1.807) is 12.1 Å². The van der Waals surface area contributed by atoms with E-state index in [-0.39, 0.29) is 11.7 Å². The Bertz CT molecular complexity index is 851. The summed E-state index contributed by atoms with van der Waals surface area (Å²) >= 11 is 0. The number of imidazole rings is 1. The maximum Gasteiger partial charge on any atom is 0.270 e. The third kappa shape index (κ3) is 3.04. The van der Waals surface area contributed by atoms with Crippen molar-refractivity contribution in [3.63, 3.8) is 0 Å². The summed E-state index contributed by atoms with van der Waals surface area (Å²) in [6.07, 6.45) is 2.57. The monoisotopic (exact) mass is 309 g/mol. The van der Waals surface area contributed by atoms with Gasteiger partial charge >= 0.3 is 0 Å². The van der Waals surface area contributed by atoms with Gasteiger partial charge in [-0.2, -0.15) is 0 Å². The largest absolute Gasteiger partial charge is 0.508 e. The van der Waals surface area contributed by atoms with Gasteiger partial charge in [0, 0.05) is 12.7 Å². The fraction of sp³-hybridized carbons (Fsp3) is 0.222. The summed E-state index contributed by atoms with van der Waals surface area (Å²) in [4.78, 5) is 17.0. The number of aromatic nitrogens is 2. The molecule has 5 heteroatoms. The van der Waals surface area contributed by atoms with Gasteiger partial charge < -0.3 is 10.4 Å². The van der Waals surface area contributed by atoms with E-state index in [1.165, 1.54) is 0 Å². The number of carbonyl (C=O) groups excluding carboxylic acids is 1. The van der Waals surface area contributed by atoms with E-state index in [2.05, 4.69) is 10.3 Å². The van der Waals surface area contributed by atoms with Crippen LogP contribution in [0.2, 0.25) is 0 Å². The molecule has 0 bridgehead atoms. The topological polar surface area (TPSA) is 66.6 Å². The van der Waals surface area contributed by atoms with Crippen LogP contribution in [0.3, 0.4) is 0 Å². The number of amides is 1. The van der Waals surface area contributed by atoms with Crippen LogP contribution in [0, 0.1) is 13.8 Å². The lowest BCUT2D eigenvalue weighted by molar-refractivity contribution is 0.0947. The van der Waals surface area contributed by atoms with Gasteiger partial charge in [0.1, 0.15) is 17.1 Å². The SMILES string of the molecule is Cc1nc2c(C)cccn2c1C(=O)NCCc1ccc(O)cc1. The molecule has 3 aromatic rings. The van der Waals surface area contributed by atoms with E-state index in [0.717, 1.165) is 22.5 Å². The van der Waals surface area contributed by atoms with Gasteiger partial charge in [0.15, 0.2) is 0 Å². The molecule has 0 saturated carbocycles. The normalized spacial score (nSPS) is 10.9. The van der Waals surface area contributed by atoms with Crippen molar-refractivity contribution in [2.24, 2.45) is 0 Å². The van der Waals surface area contributed by atoms with Gasteiger partial charge in [-0.1, -0.05) is 18.2 Å². The molecule has 0 saturated heterocycles. The van der Waals surface area contributed by atoms with Crippen LogP contribution in [0.1, 0.15) is 27.3 Å². The quantitative estimate of drug-likeness (QED) is 0.778. The number of nitrogens with zero attached hydrogens (tertiary/aromatic N) is 2. The van der Waals surface area contributed by atoms with Crippen molar-refractivity contribution < 1.29 is 9.90 Å². The molecule has 0 aliphatic carbocycles. The molecule has 23 heavy (non-hydrogen) atoms. The molecule has 2 heterocycles. The van der Waals surface area contributed by atoms with Crippen LogP contribution in [0.4, 0.5) is 0 Å². The Morgan fingerprint density at radius 3 is 2.70 bits per heavy atom. The highest BCUT2D eigenvalue weighted by Crippen LogP contribution is 2.15. The summed E-state index contributed by atoms with van der Waals surface area (Å²) in [6.45, 7) is 4.36. The van der Waals surface area contributed by atoms with E-state index in [1.807, 2.05) is 48.7 Å². The minimum atomic E-state index is -0.126. The third-order valence-electron chi connectivity index (χ3n) is 3.87. The molecule has 0 aliphatic rings.